The smallest absolute Gasteiger partial charge is 0.307 e. The van der Waals surface area contributed by atoms with E-state index in [1.54, 1.807) is 12.1 Å². The zero-order chi connectivity index (χ0) is 13.0. The number of nitrogens with one attached hydrogen (secondary N) is 2. The standard InChI is InChI=1S/C13H12ClN3O/c1-9-4-2-3-5-11(9)16-13(18)17-12-8-10(14)6-7-15-12/h2-8H,1H3,(H2,15,16,17,18). The molecule has 1 heterocycles. The molecule has 0 spiro atoms. The van der Waals surface area contributed by atoms with Crippen molar-refractivity contribution in [3.8, 4) is 0 Å². The third-order valence-corrected chi connectivity index (χ3v) is 2.59. The van der Waals surface area contributed by atoms with Crippen molar-refractivity contribution in [1.82, 2.24) is 4.98 Å². The molecule has 2 aromatic rings. The van der Waals surface area contributed by atoms with Gasteiger partial charge in [-0.05, 0) is 30.7 Å². The predicted octanol–water partition coefficient (Wildman–Crippen LogP) is 3.69. The van der Waals surface area contributed by atoms with Crippen molar-refractivity contribution in [2.75, 3.05) is 10.6 Å². The maximum absolute atomic E-state index is 11.7. The van der Waals surface area contributed by atoms with Gasteiger partial charge in [0, 0.05) is 16.9 Å². The molecular weight excluding hydrogens is 250 g/mol. The number of para-hydroxylation sites is 1. The quantitative estimate of drug-likeness (QED) is 0.866. The number of aryl methyl sites for hydroxylation is 1. The van der Waals surface area contributed by atoms with Crippen molar-refractivity contribution in [2.45, 2.75) is 6.92 Å². The molecule has 0 radical (unpaired) electrons. The lowest BCUT2D eigenvalue weighted by Gasteiger charge is -2.09. The van der Waals surface area contributed by atoms with Crippen LogP contribution in [0, 0.1) is 6.92 Å². The number of carbonyl (C=O) groups excluding carboxylic acids is 1. The first kappa shape index (κ1) is 12.4. The Labute approximate surface area is 110 Å². The molecule has 0 atom stereocenters. The first-order valence-corrected chi connectivity index (χ1v) is 5.78. The number of halogens is 1. The molecular formula is C13H12ClN3O. The maximum Gasteiger partial charge on any atom is 0.324 e. The van der Waals surface area contributed by atoms with Crippen molar-refractivity contribution < 1.29 is 4.79 Å². The number of urea groups is 1. The molecule has 1 aromatic carbocycles. The lowest BCUT2D eigenvalue weighted by atomic mass is 10.2. The Morgan fingerprint density at radius 2 is 2.00 bits per heavy atom. The molecule has 0 bridgehead atoms. The first-order valence-electron chi connectivity index (χ1n) is 5.40. The Hall–Kier alpha value is -2.07. The van der Waals surface area contributed by atoms with Gasteiger partial charge < -0.3 is 5.32 Å². The van der Waals surface area contributed by atoms with Gasteiger partial charge in [0.15, 0.2) is 0 Å². The molecule has 2 N–H and O–H groups in total. The van der Waals surface area contributed by atoms with Crippen LogP contribution < -0.4 is 10.6 Å². The summed E-state index contributed by atoms with van der Waals surface area (Å²) in [5, 5.41) is 5.88. The second-order valence-corrected chi connectivity index (χ2v) is 4.19. The third kappa shape index (κ3) is 3.21. The number of hydrogen-bond donors (Lipinski definition) is 2. The molecule has 0 aliphatic heterocycles. The summed E-state index contributed by atoms with van der Waals surface area (Å²) in [5.41, 5.74) is 1.75. The van der Waals surface area contributed by atoms with Crippen molar-refractivity contribution in [3.63, 3.8) is 0 Å². The number of carbonyl (C=O) groups is 1. The lowest BCUT2D eigenvalue weighted by Crippen LogP contribution is -2.20. The second-order valence-electron chi connectivity index (χ2n) is 3.75. The monoisotopic (exact) mass is 261 g/mol. The van der Waals surface area contributed by atoms with Crippen LogP contribution in [0.25, 0.3) is 0 Å². The Balaban J connectivity index is 2.03. The molecule has 0 aliphatic carbocycles. The van der Waals surface area contributed by atoms with E-state index < -0.39 is 0 Å². The highest BCUT2D eigenvalue weighted by molar-refractivity contribution is 6.30. The number of anilines is 2. The zero-order valence-corrected chi connectivity index (χ0v) is 10.5. The van der Waals surface area contributed by atoms with Crippen LogP contribution >= 0.6 is 11.6 Å². The third-order valence-electron chi connectivity index (χ3n) is 2.36. The Kier molecular flexibility index (Phi) is 3.79. The van der Waals surface area contributed by atoms with Crippen molar-refractivity contribution in [2.24, 2.45) is 0 Å². The second kappa shape index (κ2) is 5.51. The summed E-state index contributed by atoms with van der Waals surface area (Å²) < 4.78 is 0. The molecule has 1 aromatic heterocycles. The highest BCUT2D eigenvalue weighted by Gasteiger charge is 2.05. The van der Waals surface area contributed by atoms with Gasteiger partial charge in [-0.15, -0.1) is 0 Å². The number of pyridine rings is 1. The molecule has 0 saturated heterocycles. The van der Waals surface area contributed by atoms with E-state index in [4.69, 9.17) is 11.6 Å². The van der Waals surface area contributed by atoms with Crippen molar-refractivity contribution >= 4 is 29.1 Å². The number of rotatable bonds is 2. The normalized spacial score (nSPS) is 9.89. The minimum absolute atomic E-state index is 0.348. The SMILES string of the molecule is Cc1ccccc1NC(=O)Nc1cc(Cl)ccn1. The largest absolute Gasteiger partial charge is 0.324 e. The fraction of sp³-hybridized carbons (Fsp3) is 0.0769. The minimum Gasteiger partial charge on any atom is -0.307 e. The van der Waals surface area contributed by atoms with E-state index in [0.717, 1.165) is 11.3 Å². The van der Waals surface area contributed by atoms with Gasteiger partial charge in [-0.1, -0.05) is 29.8 Å². The number of hydrogen-bond acceptors (Lipinski definition) is 2. The van der Waals surface area contributed by atoms with Gasteiger partial charge >= 0.3 is 6.03 Å². The van der Waals surface area contributed by atoms with E-state index in [1.807, 2.05) is 31.2 Å². The van der Waals surface area contributed by atoms with Gasteiger partial charge in [-0.25, -0.2) is 9.78 Å². The summed E-state index contributed by atoms with van der Waals surface area (Å²) in [6, 6.07) is 10.4. The molecule has 0 aliphatic rings. The van der Waals surface area contributed by atoms with E-state index in [2.05, 4.69) is 15.6 Å². The van der Waals surface area contributed by atoms with Gasteiger partial charge in [0.05, 0.1) is 0 Å². The Bertz CT molecular complexity index is 572. The first-order chi connectivity index (χ1) is 8.65. The van der Waals surface area contributed by atoms with Gasteiger partial charge in [0.25, 0.3) is 0 Å². The fourth-order valence-corrected chi connectivity index (χ4v) is 1.62. The maximum atomic E-state index is 11.7. The summed E-state index contributed by atoms with van der Waals surface area (Å²) in [7, 11) is 0. The topological polar surface area (TPSA) is 54.0 Å². The summed E-state index contributed by atoms with van der Waals surface area (Å²) >= 11 is 5.80. The molecule has 4 nitrogen and oxygen atoms in total. The molecule has 92 valence electrons. The number of aromatic nitrogens is 1. The summed E-state index contributed by atoms with van der Waals surface area (Å²) in [6.07, 6.45) is 1.53. The molecule has 0 unspecified atom stereocenters. The average Bonchev–Trinajstić information content (AvgIpc) is 2.32. The van der Waals surface area contributed by atoms with Crippen LogP contribution in [0.3, 0.4) is 0 Å². The van der Waals surface area contributed by atoms with E-state index >= 15 is 0 Å². The summed E-state index contributed by atoms with van der Waals surface area (Å²) in [4.78, 5) is 15.7. The molecule has 5 heteroatoms. The fourth-order valence-electron chi connectivity index (χ4n) is 1.46. The van der Waals surface area contributed by atoms with Crippen LogP contribution in [0.4, 0.5) is 16.3 Å². The van der Waals surface area contributed by atoms with Crippen LogP contribution in [-0.4, -0.2) is 11.0 Å². The Morgan fingerprint density at radius 1 is 1.22 bits per heavy atom. The van der Waals surface area contributed by atoms with Gasteiger partial charge in [-0.3, -0.25) is 5.32 Å². The lowest BCUT2D eigenvalue weighted by molar-refractivity contribution is 0.262. The van der Waals surface area contributed by atoms with Crippen LogP contribution in [0.15, 0.2) is 42.6 Å². The number of nitrogens with zero attached hydrogens (tertiary/aromatic N) is 1. The molecule has 2 amide bonds. The van der Waals surface area contributed by atoms with E-state index in [1.165, 1.54) is 6.20 Å². The summed E-state index contributed by atoms with van der Waals surface area (Å²) in [5.74, 6) is 0.411. The van der Waals surface area contributed by atoms with Crippen LogP contribution in [0.5, 0.6) is 0 Å². The highest BCUT2D eigenvalue weighted by atomic mass is 35.5. The van der Waals surface area contributed by atoms with E-state index in [9.17, 15) is 4.79 Å². The molecule has 2 rings (SSSR count). The summed E-state index contributed by atoms with van der Waals surface area (Å²) in [6.45, 7) is 1.92. The predicted molar refractivity (Wildman–Crippen MR) is 73.1 cm³/mol. The van der Waals surface area contributed by atoms with Crippen LogP contribution in [-0.2, 0) is 0 Å². The average molecular weight is 262 g/mol. The van der Waals surface area contributed by atoms with Crippen molar-refractivity contribution in [3.05, 3.63) is 53.2 Å². The van der Waals surface area contributed by atoms with E-state index in [0.29, 0.717) is 10.8 Å². The van der Waals surface area contributed by atoms with Crippen LogP contribution in [0.2, 0.25) is 5.02 Å². The molecule has 0 fully saturated rings. The van der Waals surface area contributed by atoms with E-state index in [-0.39, 0.29) is 6.03 Å². The van der Waals surface area contributed by atoms with Gasteiger partial charge in [0.2, 0.25) is 0 Å². The minimum atomic E-state index is -0.348. The number of benzene rings is 1. The zero-order valence-electron chi connectivity index (χ0n) is 9.77. The highest BCUT2D eigenvalue weighted by Crippen LogP contribution is 2.15. The van der Waals surface area contributed by atoms with Gasteiger partial charge in [0.1, 0.15) is 5.82 Å². The molecule has 18 heavy (non-hydrogen) atoms. The molecule has 0 saturated carbocycles. The van der Waals surface area contributed by atoms with Gasteiger partial charge in [-0.2, -0.15) is 0 Å². The van der Waals surface area contributed by atoms with Crippen molar-refractivity contribution in [1.29, 1.82) is 0 Å². The number of amides is 2. The Morgan fingerprint density at radius 3 is 2.72 bits per heavy atom. The van der Waals surface area contributed by atoms with Crippen LogP contribution in [0.1, 0.15) is 5.56 Å².